The van der Waals surface area contributed by atoms with Gasteiger partial charge >= 0.3 is 0 Å². The normalized spacial score (nSPS) is 12.8. The molecule has 0 aliphatic carbocycles. The molecule has 0 aromatic rings. The summed E-state index contributed by atoms with van der Waals surface area (Å²) in [5.41, 5.74) is 5.40. The number of carbonyl (C=O) groups excluding carboxylic acids is 1. The van der Waals surface area contributed by atoms with Gasteiger partial charge in [0, 0.05) is 11.0 Å². The molecule has 12 heavy (non-hydrogen) atoms. The van der Waals surface area contributed by atoms with Gasteiger partial charge in [-0.2, -0.15) is 0 Å². The van der Waals surface area contributed by atoms with E-state index in [1.165, 1.54) is 0 Å². The summed E-state index contributed by atoms with van der Waals surface area (Å²) in [6.07, 6.45) is 0. The van der Waals surface area contributed by atoms with Gasteiger partial charge in [-0.15, -0.1) is 0 Å². The first-order valence-electron chi connectivity index (χ1n) is 4.10. The summed E-state index contributed by atoms with van der Waals surface area (Å²) in [6.45, 7) is 12.8. The second-order valence-electron chi connectivity index (χ2n) is 4.46. The van der Waals surface area contributed by atoms with Crippen LogP contribution in [0.3, 0.4) is 0 Å². The third-order valence-corrected chi connectivity index (χ3v) is 2.57. The van der Waals surface area contributed by atoms with Gasteiger partial charge in [-0.3, -0.25) is 4.79 Å². The maximum atomic E-state index is 11.6. The first kappa shape index (κ1) is 11.4. The molecule has 0 aliphatic rings. The highest BCUT2D eigenvalue weighted by atomic mass is 16.1. The molecule has 0 aliphatic heterocycles. The Morgan fingerprint density at radius 2 is 1.58 bits per heavy atom. The SMILES string of the molecule is C=C(C)C(=O)C(C)(C)C(C)(C)N. The molecular weight excluding hydrogens is 150 g/mol. The topological polar surface area (TPSA) is 43.1 Å². The van der Waals surface area contributed by atoms with Crippen LogP contribution in [0.5, 0.6) is 0 Å². The first-order chi connectivity index (χ1) is 5.10. The van der Waals surface area contributed by atoms with Gasteiger partial charge in [0.15, 0.2) is 5.78 Å². The highest BCUT2D eigenvalue weighted by molar-refractivity contribution is 5.99. The maximum Gasteiger partial charge on any atom is 0.165 e. The molecule has 0 unspecified atom stereocenters. The molecule has 2 heteroatoms. The molecule has 0 rings (SSSR count). The standard InChI is InChI=1S/C10H19NO/c1-7(2)8(12)9(3,4)10(5,6)11/h1,11H2,2-6H3. The van der Waals surface area contributed by atoms with Crippen molar-refractivity contribution in [2.24, 2.45) is 11.1 Å². The molecule has 0 saturated heterocycles. The lowest BCUT2D eigenvalue weighted by Gasteiger charge is -2.37. The van der Waals surface area contributed by atoms with Crippen molar-refractivity contribution in [1.29, 1.82) is 0 Å². The Kier molecular flexibility index (Phi) is 2.86. The van der Waals surface area contributed by atoms with Crippen molar-refractivity contribution in [3.8, 4) is 0 Å². The fourth-order valence-corrected chi connectivity index (χ4v) is 0.826. The van der Waals surface area contributed by atoms with Crippen LogP contribution in [-0.4, -0.2) is 11.3 Å². The van der Waals surface area contributed by atoms with Gasteiger partial charge in [0.25, 0.3) is 0 Å². The van der Waals surface area contributed by atoms with Crippen LogP contribution in [0, 0.1) is 5.41 Å². The van der Waals surface area contributed by atoms with Crippen molar-refractivity contribution in [1.82, 2.24) is 0 Å². The number of carbonyl (C=O) groups is 1. The van der Waals surface area contributed by atoms with Crippen molar-refractivity contribution < 1.29 is 4.79 Å². The van der Waals surface area contributed by atoms with Gasteiger partial charge < -0.3 is 5.73 Å². The molecule has 0 aromatic carbocycles. The van der Waals surface area contributed by atoms with Crippen LogP contribution in [0.25, 0.3) is 0 Å². The van der Waals surface area contributed by atoms with Crippen LogP contribution < -0.4 is 5.73 Å². The minimum Gasteiger partial charge on any atom is -0.325 e. The average Bonchev–Trinajstić information content (AvgIpc) is 1.83. The van der Waals surface area contributed by atoms with E-state index in [1.54, 1.807) is 6.92 Å². The summed E-state index contributed by atoms with van der Waals surface area (Å²) in [6, 6.07) is 0. The van der Waals surface area contributed by atoms with Crippen LogP contribution in [0.15, 0.2) is 12.2 Å². The van der Waals surface area contributed by atoms with Crippen molar-refractivity contribution in [3.63, 3.8) is 0 Å². The monoisotopic (exact) mass is 169 g/mol. The lowest BCUT2D eigenvalue weighted by molar-refractivity contribution is -0.125. The predicted molar refractivity (Wildman–Crippen MR) is 51.9 cm³/mol. The maximum absolute atomic E-state index is 11.6. The zero-order valence-electron chi connectivity index (χ0n) is 8.69. The molecule has 2 nitrogen and oxygen atoms in total. The number of allylic oxidation sites excluding steroid dienone is 1. The lowest BCUT2D eigenvalue weighted by atomic mass is 9.70. The van der Waals surface area contributed by atoms with E-state index in [-0.39, 0.29) is 5.78 Å². The van der Waals surface area contributed by atoms with Gasteiger partial charge in [0.1, 0.15) is 0 Å². The van der Waals surface area contributed by atoms with Gasteiger partial charge in [-0.25, -0.2) is 0 Å². The summed E-state index contributed by atoms with van der Waals surface area (Å²) in [7, 11) is 0. The van der Waals surface area contributed by atoms with E-state index in [1.807, 2.05) is 27.7 Å². The highest BCUT2D eigenvalue weighted by Gasteiger charge is 2.39. The Hall–Kier alpha value is -0.630. The Labute approximate surface area is 74.8 Å². The Morgan fingerprint density at radius 1 is 1.25 bits per heavy atom. The lowest BCUT2D eigenvalue weighted by Crippen LogP contribution is -2.52. The minimum atomic E-state index is -0.543. The molecule has 2 N–H and O–H groups in total. The molecule has 0 bridgehead atoms. The summed E-state index contributed by atoms with van der Waals surface area (Å²) in [5.74, 6) is 0.0370. The van der Waals surface area contributed by atoms with Crippen LogP contribution in [0.4, 0.5) is 0 Å². The summed E-state index contributed by atoms with van der Waals surface area (Å²) in [5, 5.41) is 0. The highest BCUT2D eigenvalue weighted by Crippen LogP contribution is 2.31. The smallest absolute Gasteiger partial charge is 0.165 e. The van der Waals surface area contributed by atoms with E-state index in [0.717, 1.165) is 0 Å². The predicted octanol–water partition coefficient (Wildman–Crippen LogP) is 1.90. The van der Waals surface area contributed by atoms with Crippen LogP contribution in [0.2, 0.25) is 0 Å². The zero-order valence-corrected chi connectivity index (χ0v) is 8.69. The van der Waals surface area contributed by atoms with Gasteiger partial charge in [0.05, 0.1) is 0 Å². The summed E-state index contributed by atoms with van der Waals surface area (Å²) in [4.78, 5) is 11.6. The number of hydrogen-bond acceptors (Lipinski definition) is 2. The molecule has 0 radical (unpaired) electrons. The van der Waals surface area contributed by atoms with E-state index in [9.17, 15) is 4.79 Å². The number of Topliss-reactive ketones (excluding diaryl/α,β-unsaturated/α-hetero) is 1. The van der Waals surface area contributed by atoms with Crippen molar-refractivity contribution >= 4 is 5.78 Å². The number of nitrogens with two attached hydrogens (primary N) is 1. The van der Waals surface area contributed by atoms with Crippen molar-refractivity contribution in [3.05, 3.63) is 12.2 Å². The third-order valence-electron chi connectivity index (χ3n) is 2.57. The van der Waals surface area contributed by atoms with Gasteiger partial charge in [-0.05, 0) is 26.3 Å². The molecule has 0 heterocycles. The Balaban J connectivity index is 4.87. The fraction of sp³-hybridized carbons (Fsp3) is 0.700. The number of hydrogen-bond donors (Lipinski definition) is 1. The Bertz CT molecular complexity index is 208. The molecule has 0 aromatic heterocycles. The van der Waals surface area contributed by atoms with Crippen molar-refractivity contribution in [2.75, 3.05) is 0 Å². The molecule has 0 spiro atoms. The summed E-state index contributed by atoms with van der Waals surface area (Å²) < 4.78 is 0. The van der Waals surface area contributed by atoms with E-state index < -0.39 is 11.0 Å². The quantitative estimate of drug-likeness (QED) is 0.656. The first-order valence-corrected chi connectivity index (χ1v) is 4.10. The van der Waals surface area contributed by atoms with Crippen molar-refractivity contribution in [2.45, 2.75) is 40.2 Å². The second kappa shape index (κ2) is 3.02. The largest absolute Gasteiger partial charge is 0.325 e. The number of ketones is 1. The molecule has 0 amide bonds. The molecule has 70 valence electrons. The summed E-state index contributed by atoms with van der Waals surface area (Å²) >= 11 is 0. The van der Waals surface area contributed by atoms with Crippen LogP contribution >= 0.6 is 0 Å². The Morgan fingerprint density at radius 3 is 1.67 bits per heavy atom. The molecule has 0 atom stereocenters. The van der Waals surface area contributed by atoms with E-state index in [4.69, 9.17) is 5.73 Å². The van der Waals surface area contributed by atoms with Gasteiger partial charge in [-0.1, -0.05) is 20.4 Å². The minimum absolute atomic E-state index is 0.0370. The van der Waals surface area contributed by atoms with E-state index >= 15 is 0 Å². The van der Waals surface area contributed by atoms with E-state index in [2.05, 4.69) is 6.58 Å². The van der Waals surface area contributed by atoms with Gasteiger partial charge in [0.2, 0.25) is 0 Å². The zero-order chi connectivity index (χ0) is 10.2. The molecule has 0 fully saturated rings. The second-order valence-corrected chi connectivity index (χ2v) is 4.46. The van der Waals surface area contributed by atoms with Crippen LogP contribution in [0.1, 0.15) is 34.6 Å². The molecular formula is C10H19NO. The number of rotatable bonds is 3. The molecule has 0 saturated carbocycles. The fourth-order valence-electron chi connectivity index (χ4n) is 0.826. The third kappa shape index (κ3) is 1.95. The van der Waals surface area contributed by atoms with E-state index in [0.29, 0.717) is 5.57 Å². The van der Waals surface area contributed by atoms with Crippen LogP contribution in [-0.2, 0) is 4.79 Å². The average molecular weight is 169 g/mol.